The van der Waals surface area contributed by atoms with Crippen LogP contribution < -0.4 is 11.1 Å². The first kappa shape index (κ1) is 12.0. The highest BCUT2D eigenvalue weighted by atomic mass is 16.3. The zero-order chi connectivity index (χ0) is 12.4. The summed E-state index contributed by atoms with van der Waals surface area (Å²) in [6, 6.07) is 1.92. The number of hydrogen-bond donors (Lipinski definition) is 3. The molecule has 5 heteroatoms. The number of nitrogens with one attached hydrogen (secondary N) is 1. The molecule has 4 N–H and O–H groups in total. The average molecular weight is 237 g/mol. The van der Waals surface area contributed by atoms with Crippen LogP contribution in [-0.2, 0) is 0 Å². The zero-order valence-electron chi connectivity index (χ0n) is 10.0. The average Bonchev–Trinajstić information content (AvgIpc) is 3.09. The summed E-state index contributed by atoms with van der Waals surface area (Å²) in [6.07, 6.45) is 4.73. The van der Waals surface area contributed by atoms with Crippen LogP contribution in [0.25, 0.3) is 0 Å². The van der Waals surface area contributed by atoms with Crippen molar-refractivity contribution in [2.75, 3.05) is 12.3 Å². The van der Waals surface area contributed by atoms with Gasteiger partial charge in [0.05, 0.1) is 18.3 Å². The van der Waals surface area contributed by atoms with Crippen LogP contribution in [-0.4, -0.2) is 28.2 Å². The highest BCUT2D eigenvalue weighted by Crippen LogP contribution is 2.37. The van der Waals surface area contributed by atoms with E-state index in [2.05, 4.69) is 5.32 Å². The van der Waals surface area contributed by atoms with Gasteiger partial charge in [-0.25, -0.2) is 0 Å². The Morgan fingerprint density at radius 1 is 1.71 bits per heavy atom. The Hall–Kier alpha value is -1.49. The van der Waals surface area contributed by atoms with Crippen molar-refractivity contribution >= 4 is 11.6 Å². The quantitative estimate of drug-likeness (QED) is 0.712. The highest BCUT2D eigenvalue weighted by molar-refractivity contribution is 5.94. The lowest BCUT2D eigenvalue weighted by atomic mass is 10.2. The minimum Gasteiger partial charge on any atom is -0.397 e. The zero-order valence-corrected chi connectivity index (χ0v) is 10.0. The maximum atomic E-state index is 12.0. The van der Waals surface area contributed by atoms with E-state index in [9.17, 15) is 4.79 Å². The van der Waals surface area contributed by atoms with Crippen LogP contribution in [0.15, 0.2) is 12.3 Å². The van der Waals surface area contributed by atoms with E-state index >= 15 is 0 Å². The lowest BCUT2D eigenvalue weighted by Crippen LogP contribution is -2.37. The van der Waals surface area contributed by atoms with E-state index in [-0.39, 0.29) is 18.6 Å². The predicted octanol–water partition coefficient (Wildman–Crippen LogP) is 0.906. The lowest BCUT2D eigenvalue weighted by Gasteiger charge is -2.15. The number of carbonyl (C=O) groups excluding carboxylic acids is 1. The minimum atomic E-state index is -0.189. The first-order chi connectivity index (χ1) is 8.15. The molecule has 0 aliphatic heterocycles. The second-order valence-electron chi connectivity index (χ2n) is 4.56. The van der Waals surface area contributed by atoms with E-state index in [0.29, 0.717) is 23.8 Å². The number of nitrogens with two attached hydrogens (primary N) is 1. The normalized spacial score (nSPS) is 16.8. The number of amides is 1. The number of anilines is 1. The van der Waals surface area contributed by atoms with Crippen LogP contribution in [0.5, 0.6) is 0 Å². The molecule has 94 valence electrons. The van der Waals surface area contributed by atoms with Gasteiger partial charge in [-0.3, -0.25) is 4.79 Å². The summed E-state index contributed by atoms with van der Waals surface area (Å²) in [7, 11) is 0. The van der Waals surface area contributed by atoms with Gasteiger partial charge in [-0.2, -0.15) is 0 Å². The molecule has 0 spiro atoms. The molecule has 1 saturated carbocycles. The van der Waals surface area contributed by atoms with Crippen LogP contribution in [0, 0.1) is 0 Å². The fourth-order valence-electron chi connectivity index (χ4n) is 1.87. The molecular formula is C12H19N3O2. The Morgan fingerprint density at radius 2 is 2.41 bits per heavy atom. The van der Waals surface area contributed by atoms with Crippen molar-refractivity contribution in [1.29, 1.82) is 0 Å². The third-order valence-electron chi connectivity index (χ3n) is 3.09. The van der Waals surface area contributed by atoms with Gasteiger partial charge in [0.1, 0.15) is 5.69 Å². The number of nitrogens with zero attached hydrogens (tertiary/aromatic N) is 1. The number of aliphatic hydroxyl groups excluding tert-OH is 1. The summed E-state index contributed by atoms with van der Waals surface area (Å²) in [6.45, 7) is 1.89. The second-order valence-corrected chi connectivity index (χ2v) is 4.56. The summed E-state index contributed by atoms with van der Waals surface area (Å²) in [4.78, 5) is 12.0. The molecule has 0 saturated heterocycles. The summed E-state index contributed by atoms with van der Waals surface area (Å²) >= 11 is 0. The smallest absolute Gasteiger partial charge is 0.268 e. The molecule has 1 aliphatic rings. The number of nitrogen functional groups attached to an aromatic ring is 1. The van der Waals surface area contributed by atoms with Crippen LogP contribution in [0.4, 0.5) is 5.69 Å². The molecule has 1 unspecified atom stereocenters. The molecule has 2 rings (SSSR count). The van der Waals surface area contributed by atoms with E-state index in [1.807, 2.05) is 17.7 Å². The van der Waals surface area contributed by atoms with Crippen molar-refractivity contribution in [2.24, 2.45) is 0 Å². The monoisotopic (exact) mass is 237 g/mol. The van der Waals surface area contributed by atoms with Gasteiger partial charge in [0.2, 0.25) is 0 Å². The molecular weight excluding hydrogens is 218 g/mol. The van der Waals surface area contributed by atoms with E-state index in [1.165, 1.54) is 0 Å². The standard InChI is InChI=1S/C12H19N3O2/c1-2-9(7-16)14-12(17)11-5-8(13)6-15(11)10-3-4-10/h5-6,9-10,16H,2-4,7,13H2,1H3,(H,14,17). The molecule has 1 aromatic heterocycles. The SMILES string of the molecule is CCC(CO)NC(=O)c1cc(N)cn1C1CC1. The number of aliphatic hydroxyl groups is 1. The first-order valence-corrected chi connectivity index (χ1v) is 6.04. The van der Waals surface area contributed by atoms with Crippen LogP contribution >= 0.6 is 0 Å². The summed E-state index contributed by atoms with van der Waals surface area (Å²) in [5, 5.41) is 11.9. The van der Waals surface area contributed by atoms with E-state index < -0.39 is 0 Å². The molecule has 1 heterocycles. The summed E-state index contributed by atoms with van der Waals surface area (Å²) < 4.78 is 1.94. The molecule has 1 atom stereocenters. The molecule has 1 fully saturated rings. The van der Waals surface area contributed by atoms with E-state index in [4.69, 9.17) is 10.8 Å². The van der Waals surface area contributed by atoms with Crippen molar-refractivity contribution in [3.63, 3.8) is 0 Å². The van der Waals surface area contributed by atoms with Gasteiger partial charge >= 0.3 is 0 Å². The molecule has 0 radical (unpaired) electrons. The molecule has 1 aromatic rings. The van der Waals surface area contributed by atoms with Gasteiger partial charge in [-0.15, -0.1) is 0 Å². The van der Waals surface area contributed by atoms with E-state index in [0.717, 1.165) is 12.8 Å². The predicted molar refractivity (Wildman–Crippen MR) is 65.7 cm³/mol. The van der Waals surface area contributed by atoms with Crippen molar-refractivity contribution in [2.45, 2.75) is 38.3 Å². The Labute approximate surface area is 101 Å². The maximum absolute atomic E-state index is 12.0. The fourth-order valence-corrected chi connectivity index (χ4v) is 1.87. The Balaban J connectivity index is 2.12. The Kier molecular flexibility index (Phi) is 3.38. The van der Waals surface area contributed by atoms with E-state index in [1.54, 1.807) is 6.07 Å². The highest BCUT2D eigenvalue weighted by Gasteiger charge is 2.28. The Morgan fingerprint density at radius 3 is 2.94 bits per heavy atom. The van der Waals surface area contributed by atoms with Gasteiger partial charge < -0.3 is 20.7 Å². The van der Waals surface area contributed by atoms with Gasteiger partial charge in [0, 0.05) is 12.2 Å². The molecule has 1 amide bonds. The third kappa shape index (κ3) is 2.61. The summed E-state index contributed by atoms with van der Waals surface area (Å²) in [5.74, 6) is -0.158. The van der Waals surface area contributed by atoms with Crippen LogP contribution in [0.3, 0.4) is 0 Å². The fraction of sp³-hybridized carbons (Fsp3) is 0.583. The van der Waals surface area contributed by atoms with Gasteiger partial charge in [0.15, 0.2) is 0 Å². The minimum absolute atomic E-state index is 0.0398. The Bertz CT molecular complexity index is 406. The van der Waals surface area contributed by atoms with Crippen LogP contribution in [0.1, 0.15) is 42.7 Å². The second kappa shape index (κ2) is 4.79. The number of carbonyl (C=O) groups is 1. The maximum Gasteiger partial charge on any atom is 0.268 e. The number of hydrogen-bond acceptors (Lipinski definition) is 3. The third-order valence-corrected chi connectivity index (χ3v) is 3.09. The van der Waals surface area contributed by atoms with Crippen molar-refractivity contribution in [3.05, 3.63) is 18.0 Å². The van der Waals surface area contributed by atoms with Gasteiger partial charge in [-0.1, -0.05) is 6.92 Å². The van der Waals surface area contributed by atoms with Crippen molar-refractivity contribution in [3.8, 4) is 0 Å². The van der Waals surface area contributed by atoms with Crippen molar-refractivity contribution < 1.29 is 9.90 Å². The van der Waals surface area contributed by atoms with Crippen LogP contribution in [0.2, 0.25) is 0 Å². The summed E-state index contributed by atoms with van der Waals surface area (Å²) in [5.41, 5.74) is 6.93. The van der Waals surface area contributed by atoms with Gasteiger partial charge in [-0.05, 0) is 25.3 Å². The molecule has 1 aliphatic carbocycles. The first-order valence-electron chi connectivity index (χ1n) is 6.04. The van der Waals surface area contributed by atoms with Gasteiger partial charge in [0.25, 0.3) is 5.91 Å². The largest absolute Gasteiger partial charge is 0.397 e. The number of aromatic nitrogens is 1. The topological polar surface area (TPSA) is 80.3 Å². The molecule has 0 bridgehead atoms. The van der Waals surface area contributed by atoms with Crippen molar-refractivity contribution in [1.82, 2.24) is 9.88 Å². The molecule has 17 heavy (non-hydrogen) atoms. The molecule has 5 nitrogen and oxygen atoms in total. The molecule has 0 aromatic carbocycles. The number of rotatable bonds is 5. The lowest BCUT2D eigenvalue weighted by molar-refractivity contribution is 0.0905.